The Labute approximate surface area is 166 Å². The van der Waals surface area contributed by atoms with Crippen LogP contribution in [0.1, 0.15) is 62.5 Å². The second kappa shape index (κ2) is 13.8. The molecule has 0 aromatic heterocycles. The van der Waals surface area contributed by atoms with E-state index in [0.29, 0.717) is 5.92 Å². The first kappa shape index (κ1) is 21.0. The average molecular weight is 359 g/mol. The summed E-state index contributed by atoms with van der Waals surface area (Å²) in [7, 11) is 0. The van der Waals surface area contributed by atoms with Crippen LogP contribution in [-0.4, -0.2) is 0 Å². The van der Waals surface area contributed by atoms with E-state index in [1.54, 1.807) is 0 Å². The Balaban J connectivity index is 1.46. The van der Waals surface area contributed by atoms with Gasteiger partial charge in [0.25, 0.3) is 0 Å². The summed E-state index contributed by atoms with van der Waals surface area (Å²) >= 11 is 0. The van der Waals surface area contributed by atoms with Crippen LogP contribution in [0.5, 0.6) is 0 Å². The molecule has 142 valence electrons. The fourth-order valence-electron chi connectivity index (χ4n) is 3.17. The van der Waals surface area contributed by atoms with Gasteiger partial charge in [-0.1, -0.05) is 123 Å². The molecule has 2 aromatic carbocycles. The minimum atomic E-state index is 0.460. The summed E-state index contributed by atoms with van der Waals surface area (Å²) < 4.78 is 0. The Morgan fingerprint density at radius 2 is 1.30 bits per heavy atom. The molecule has 27 heavy (non-hydrogen) atoms. The average Bonchev–Trinajstić information content (AvgIpc) is 2.72. The van der Waals surface area contributed by atoms with Crippen LogP contribution in [0.4, 0.5) is 0 Å². The van der Waals surface area contributed by atoms with Crippen molar-refractivity contribution >= 4 is 0 Å². The maximum absolute atomic E-state index is 2.29. The van der Waals surface area contributed by atoms with E-state index in [1.807, 2.05) is 0 Å². The fraction of sp³-hybridized carbons (Fsp3) is 0.333. The van der Waals surface area contributed by atoms with Crippen molar-refractivity contribution in [3.05, 3.63) is 108 Å². The van der Waals surface area contributed by atoms with Gasteiger partial charge in [0.15, 0.2) is 0 Å². The third-order valence-electron chi connectivity index (χ3n) is 4.87. The van der Waals surface area contributed by atoms with E-state index in [4.69, 9.17) is 0 Å². The van der Waals surface area contributed by atoms with Crippen molar-refractivity contribution < 1.29 is 0 Å². The molecule has 2 aromatic rings. The van der Waals surface area contributed by atoms with Gasteiger partial charge in [0.1, 0.15) is 0 Å². The molecule has 0 spiro atoms. The minimum absolute atomic E-state index is 0.460. The lowest BCUT2D eigenvalue weighted by atomic mass is 10.0. The SMILES string of the molecule is CC(/C=C/C=C/C=C\CCCCCCCc1ccccc1)c1ccccc1. The molecule has 0 fully saturated rings. The van der Waals surface area contributed by atoms with Gasteiger partial charge >= 0.3 is 0 Å². The summed E-state index contributed by atoms with van der Waals surface area (Å²) in [6.45, 7) is 2.23. The van der Waals surface area contributed by atoms with Crippen molar-refractivity contribution in [3.63, 3.8) is 0 Å². The quantitative estimate of drug-likeness (QED) is 0.266. The van der Waals surface area contributed by atoms with Crippen LogP contribution in [0.25, 0.3) is 0 Å². The van der Waals surface area contributed by atoms with Crippen molar-refractivity contribution in [1.82, 2.24) is 0 Å². The maximum Gasteiger partial charge on any atom is -0.000732 e. The first-order valence-corrected chi connectivity index (χ1v) is 10.4. The largest absolute Gasteiger partial charge is 0.0845 e. The van der Waals surface area contributed by atoms with E-state index in [0.717, 1.165) is 0 Å². The van der Waals surface area contributed by atoms with E-state index >= 15 is 0 Å². The van der Waals surface area contributed by atoms with Crippen molar-refractivity contribution in [2.24, 2.45) is 0 Å². The number of benzene rings is 2. The highest BCUT2D eigenvalue weighted by atomic mass is 14.0. The van der Waals surface area contributed by atoms with Gasteiger partial charge in [-0.2, -0.15) is 0 Å². The molecule has 1 atom stereocenters. The molecule has 0 nitrogen and oxygen atoms in total. The number of hydrogen-bond donors (Lipinski definition) is 0. The van der Waals surface area contributed by atoms with E-state index in [2.05, 4.69) is 104 Å². The molecule has 0 heteroatoms. The number of hydrogen-bond acceptors (Lipinski definition) is 0. The normalized spacial score (nSPS) is 13.1. The van der Waals surface area contributed by atoms with E-state index < -0.39 is 0 Å². The summed E-state index contributed by atoms with van der Waals surface area (Å²) in [5, 5.41) is 0. The van der Waals surface area contributed by atoms with Crippen molar-refractivity contribution in [2.75, 3.05) is 0 Å². The van der Waals surface area contributed by atoms with Crippen LogP contribution in [-0.2, 0) is 6.42 Å². The second-order valence-electron chi connectivity index (χ2n) is 7.19. The molecular weight excluding hydrogens is 324 g/mol. The minimum Gasteiger partial charge on any atom is -0.0845 e. The summed E-state index contributed by atoms with van der Waals surface area (Å²) in [5.41, 5.74) is 2.83. The molecule has 0 aliphatic carbocycles. The topological polar surface area (TPSA) is 0 Å². The predicted octanol–water partition coefficient (Wildman–Crippen LogP) is 8.04. The third-order valence-corrected chi connectivity index (χ3v) is 4.87. The summed E-state index contributed by atoms with van der Waals surface area (Å²) in [5.74, 6) is 0.460. The highest BCUT2D eigenvalue weighted by Gasteiger charge is 1.97. The predicted molar refractivity (Wildman–Crippen MR) is 120 cm³/mol. The Kier molecular flexibility index (Phi) is 10.7. The van der Waals surface area contributed by atoms with Crippen molar-refractivity contribution in [1.29, 1.82) is 0 Å². The fourth-order valence-corrected chi connectivity index (χ4v) is 3.17. The zero-order valence-corrected chi connectivity index (χ0v) is 16.8. The monoisotopic (exact) mass is 358 g/mol. The molecule has 0 amide bonds. The van der Waals surface area contributed by atoms with Crippen LogP contribution < -0.4 is 0 Å². The molecule has 1 unspecified atom stereocenters. The number of aryl methyl sites for hydroxylation is 1. The zero-order chi connectivity index (χ0) is 19.0. The lowest BCUT2D eigenvalue weighted by Crippen LogP contribution is -1.86. The maximum atomic E-state index is 2.29. The standard InChI is InChI=1S/C27H34/c1-25(27-23-17-12-18-24-27)19-13-9-7-5-3-2-4-6-8-10-14-20-26-21-15-11-16-22-26/h3,5,7,9,11-13,15-19,21-25H,2,4,6,8,10,14,20H2,1H3/b5-3-,9-7+,19-13+. The number of unbranched alkanes of at least 4 members (excludes halogenated alkanes) is 5. The van der Waals surface area contributed by atoms with Gasteiger partial charge in [-0.25, -0.2) is 0 Å². The molecule has 0 radical (unpaired) electrons. The van der Waals surface area contributed by atoms with Crippen molar-refractivity contribution in [2.45, 2.75) is 57.8 Å². The van der Waals surface area contributed by atoms with E-state index in [1.165, 1.54) is 56.1 Å². The van der Waals surface area contributed by atoms with Gasteiger partial charge in [-0.15, -0.1) is 0 Å². The summed E-state index contributed by atoms with van der Waals surface area (Å²) in [6, 6.07) is 21.4. The molecule has 0 saturated carbocycles. The summed E-state index contributed by atoms with van der Waals surface area (Å²) in [6.07, 6.45) is 22.2. The number of allylic oxidation sites excluding steroid dienone is 6. The van der Waals surface area contributed by atoms with Gasteiger partial charge in [0.2, 0.25) is 0 Å². The Morgan fingerprint density at radius 1 is 0.667 bits per heavy atom. The first-order chi connectivity index (χ1) is 13.4. The molecule has 0 N–H and O–H groups in total. The van der Waals surface area contributed by atoms with Crippen LogP contribution in [0.3, 0.4) is 0 Å². The van der Waals surface area contributed by atoms with Crippen LogP contribution >= 0.6 is 0 Å². The summed E-state index contributed by atoms with van der Waals surface area (Å²) in [4.78, 5) is 0. The Hall–Kier alpha value is -2.34. The van der Waals surface area contributed by atoms with Crippen LogP contribution in [0.15, 0.2) is 97.1 Å². The molecule has 0 heterocycles. The molecular formula is C27H34. The highest BCUT2D eigenvalue weighted by molar-refractivity contribution is 5.24. The third kappa shape index (κ3) is 9.80. The lowest BCUT2D eigenvalue weighted by Gasteiger charge is -2.04. The Morgan fingerprint density at radius 3 is 2.07 bits per heavy atom. The van der Waals surface area contributed by atoms with Gasteiger partial charge in [-0.05, 0) is 42.7 Å². The van der Waals surface area contributed by atoms with Gasteiger partial charge in [0, 0.05) is 0 Å². The highest BCUT2D eigenvalue weighted by Crippen LogP contribution is 2.15. The van der Waals surface area contributed by atoms with Crippen LogP contribution in [0, 0.1) is 0 Å². The first-order valence-electron chi connectivity index (χ1n) is 10.4. The van der Waals surface area contributed by atoms with Crippen LogP contribution in [0.2, 0.25) is 0 Å². The molecule has 2 rings (SSSR count). The zero-order valence-electron chi connectivity index (χ0n) is 16.8. The molecule has 0 bridgehead atoms. The Bertz CT molecular complexity index is 676. The molecule has 0 saturated heterocycles. The van der Waals surface area contributed by atoms with Crippen molar-refractivity contribution in [3.8, 4) is 0 Å². The van der Waals surface area contributed by atoms with E-state index in [-0.39, 0.29) is 0 Å². The van der Waals surface area contributed by atoms with Gasteiger partial charge in [-0.3, -0.25) is 0 Å². The van der Waals surface area contributed by atoms with Gasteiger partial charge < -0.3 is 0 Å². The lowest BCUT2D eigenvalue weighted by molar-refractivity contribution is 0.617. The smallest absolute Gasteiger partial charge is 0.000732 e. The van der Waals surface area contributed by atoms with E-state index in [9.17, 15) is 0 Å². The molecule has 0 aliphatic heterocycles. The number of rotatable bonds is 12. The second-order valence-corrected chi connectivity index (χ2v) is 7.19. The van der Waals surface area contributed by atoms with Gasteiger partial charge in [0.05, 0.1) is 0 Å². The molecule has 0 aliphatic rings.